The lowest BCUT2D eigenvalue weighted by molar-refractivity contribution is 0.102. The predicted octanol–water partition coefficient (Wildman–Crippen LogP) is 4.81. The van der Waals surface area contributed by atoms with E-state index in [1.165, 1.54) is 0 Å². The van der Waals surface area contributed by atoms with Gasteiger partial charge in [-0.25, -0.2) is 4.98 Å². The molecule has 0 unspecified atom stereocenters. The molecule has 1 amide bonds. The Hall–Kier alpha value is -2.40. The Morgan fingerprint density at radius 2 is 2.04 bits per heavy atom. The first-order chi connectivity index (χ1) is 11.5. The fourth-order valence-electron chi connectivity index (χ4n) is 2.97. The molecular formula is C19H21N3OS. The average molecular weight is 339 g/mol. The summed E-state index contributed by atoms with van der Waals surface area (Å²) < 4.78 is 2.14. The highest BCUT2D eigenvalue weighted by atomic mass is 32.1. The van der Waals surface area contributed by atoms with Gasteiger partial charge in [-0.15, -0.1) is 11.3 Å². The number of nitrogens with zero attached hydrogens (tertiary/aromatic N) is 2. The normalized spacial score (nSPS) is 10.8. The Morgan fingerprint density at radius 3 is 2.67 bits per heavy atom. The zero-order valence-corrected chi connectivity index (χ0v) is 15.2. The molecule has 0 saturated heterocycles. The monoisotopic (exact) mass is 339 g/mol. The maximum absolute atomic E-state index is 12.6. The number of nitrogens with one attached hydrogen (secondary N) is 1. The third-order valence-corrected chi connectivity index (χ3v) is 4.94. The summed E-state index contributed by atoms with van der Waals surface area (Å²) in [6, 6.07) is 9.76. The number of hydrogen-bond acceptors (Lipinski definition) is 3. The van der Waals surface area contributed by atoms with Crippen LogP contribution in [0, 0.1) is 20.8 Å². The summed E-state index contributed by atoms with van der Waals surface area (Å²) >= 11 is 1.62. The van der Waals surface area contributed by atoms with E-state index in [9.17, 15) is 4.79 Å². The zero-order chi connectivity index (χ0) is 17.3. The van der Waals surface area contributed by atoms with Crippen molar-refractivity contribution in [1.29, 1.82) is 0 Å². The molecule has 2 heterocycles. The maximum atomic E-state index is 12.6. The number of anilines is 1. The molecule has 3 aromatic rings. The van der Waals surface area contributed by atoms with Crippen LogP contribution in [0.2, 0.25) is 0 Å². The number of carbonyl (C=O) groups is 1. The van der Waals surface area contributed by atoms with Crippen molar-refractivity contribution in [1.82, 2.24) is 9.55 Å². The Labute approximate surface area is 146 Å². The van der Waals surface area contributed by atoms with Crippen molar-refractivity contribution in [3.05, 3.63) is 57.7 Å². The molecule has 0 bridgehead atoms. The second-order valence-corrected chi connectivity index (χ2v) is 6.88. The quantitative estimate of drug-likeness (QED) is 0.741. The van der Waals surface area contributed by atoms with Crippen molar-refractivity contribution in [2.45, 2.75) is 34.2 Å². The maximum Gasteiger partial charge on any atom is 0.257 e. The van der Waals surface area contributed by atoms with Crippen molar-refractivity contribution in [2.75, 3.05) is 5.32 Å². The van der Waals surface area contributed by atoms with Gasteiger partial charge >= 0.3 is 0 Å². The van der Waals surface area contributed by atoms with Crippen LogP contribution in [0.3, 0.4) is 0 Å². The van der Waals surface area contributed by atoms with E-state index in [2.05, 4.69) is 21.8 Å². The van der Waals surface area contributed by atoms with Crippen LogP contribution >= 0.6 is 11.3 Å². The Kier molecular flexibility index (Phi) is 4.53. The molecule has 0 aliphatic rings. The van der Waals surface area contributed by atoms with Gasteiger partial charge in [0.05, 0.1) is 16.3 Å². The van der Waals surface area contributed by atoms with E-state index < -0.39 is 0 Å². The van der Waals surface area contributed by atoms with E-state index >= 15 is 0 Å². The largest absolute Gasteiger partial charge is 0.349 e. The lowest BCUT2D eigenvalue weighted by Gasteiger charge is -2.08. The third-order valence-electron chi connectivity index (χ3n) is 4.17. The first kappa shape index (κ1) is 16.5. The van der Waals surface area contributed by atoms with Crippen molar-refractivity contribution in [3.63, 3.8) is 0 Å². The topological polar surface area (TPSA) is 46.9 Å². The van der Waals surface area contributed by atoms with Crippen molar-refractivity contribution in [3.8, 4) is 11.3 Å². The van der Waals surface area contributed by atoms with Crippen molar-refractivity contribution >= 4 is 22.9 Å². The molecule has 2 aromatic heterocycles. The molecule has 0 saturated carbocycles. The van der Waals surface area contributed by atoms with Gasteiger partial charge in [-0.3, -0.25) is 4.79 Å². The van der Waals surface area contributed by atoms with Gasteiger partial charge in [-0.1, -0.05) is 12.1 Å². The third kappa shape index (κ3) is 3.12. The number of amides is 1. The number of rotatable bonds is 4. The molecule has 0 fully saturated rings. The van der Waals surface area contributed by atoms with Gasteiger partial charge in [0.1, 0.15) is 0 Å². The molecular weight excluding hydrogens is 318 g/mol. The molecule has 4 nitrogen and oxygen atoms in total. The molecule has 0 aliphatic carbocycles. The highest BCUT2D eigenvalue weighted by molar-refractivity contribution is 7.09. The van der Waals surface area contributed by atoms with Crippen LogP contribution in [0.1, 0.15) is 33.7 Å². The predicted molar refractivity (Wildman–Crippen MR) is 99.8 cm³/mol. The zero-order valence-electron chi connectivity index (χ0n) is 14.4. The fraction of sp³-hybridized carbons (Fsp3) is 0.263. The minimum Gasteiger partial charge on any atom is -0.349 e. The van der Waals surface area contributed by atoms with Crippen LogP contribution in [0.4, 0.5) is 5.69 Å². The smallest absolute Gasteiger partial charge is 0.257 e. The van der Waals surface area contributed by atoms with E-state index in [4.69, 9.17) is 0 Å². The van der Waals surface area contributed by atoms with Crippen LogP contribution in [-0.4, -0.2) is 15.5 Å². The molecule has 124 valence electrons. The van der Waals surface area contributed by atoms with Gasteiger partial charge in [0.25, 0.3) is 5.91 Å². The summed E-state index contributed by atoms with van der Waals surface area (Å²) in [5.74, 6) is -0.0746. The number of aryl methyl sites for hydroxylation is 2. The molecule has 3 rings (SSSR count). The molecule has 0 spiro atoms. The van der Waals surface area contributed by atoms with E-state index in [-0.39, 0.29) is 5.91 Å². The molecule has 1 aromatic carbocycles. The molecule has 5 heteroatoms. The second kappa shape index (κ2) is 6.61. The van der Waals surface area contributed by atoms with Crippen LogP contribution in [0.25, 0.3) is 11.3 Å². The van der Waals surface area contributed by atoms with Gasteiger partial charge < -0.3 is 9.88 Å². The standard InChI is InChI=1S/C19H21N3OS/c1-5-22-12(2)9-17(13(22)3)19(23)21-16-8-6-7-15(10-16)18-11-24-14(4)20-18/h6-11H,5H2,1-4H3,(H,21,23). The number of aromatic nitrogens is 2. The average Bonchev–Trinajstić information content (AvgIpc) is 3.11. The van der Waals surface area contributed by atoms with Gasteiger partial charge in [-0.2, -0.15) is 0 Å². The summed E-state index contributed by atoms with van der Waals surface area (Å²) in [5.41, 5.74) is 5.56. The van der Waals surface area contributed by atoms with Gasteiger partial charge in [0.15, 0.2) is 0 Å². The molecule has 24 heavy (non-hydrogen) atoms. The van der Waals surface area contributed by atoms with E-state index in [0.717, 1.165) is 45.4 Å². The number of carbonyl (C=O) groups excluding carboxylic acids is 1. The lowest BCUT2D eigenvalue weighted by Crippen LogP contribution is -2.13. The van der Waals surface area contributed by atoms with E-state index in [1.54, 1.807) is 11.3 Å². The van der Waals surface area contributed by atoms with Gasteiger partial charge in [-0.05, 0) is 45.9 Å². The molecule has 0 radical (unpaired) electrons. The SMILES string of the molecule is CCn1c(C)cc(C(=O)Nc2cccc(-c3csc(C)n3)c2)c1C. The lowest BCUT2D eigenvalue weighted by atomic mass is 10.1. The summed E-state index contributed by atoms with van der Waals surface area (Å²) in [6.45, 7) is 8.95. The van der Waals surface area contributed by atoms with Gasteiger partial charge in [0, 0.05) is 34.6 Å². The van der Waals surface area contributed by atoms with Crippen LogP contribution in [-0.2, 0) is 6.54 Å². The van der Waals surface area contributed by atoms with Crippen molar-refractivity contribution in [2.24, 2.45) is 0 Å². The van der Waals surface area contributed by atoms with E-state index in [1.807, 2.05) is 56.5 Å². The number of hydrogen-bond donors (Lipinski definition) is 1. The summed E-state index contributed by atoms with van der Waals surface area (Å²) in [7, 11) is 0. The van der Waals surface area contributed by atoms with Crippen LogP contribution in [0.5, 0.6) is 0 Å². The van der Waals surface area contributed by atoms with Gasteiger partial charge in [0.2, 0.25) is 0 Å². The molecule has 0 aliphatic heterocycles. The summed E-state index contributed by atoms with van der Waals surface area (Å²) in [4.78, 5) is 17.1. The highest BCUT2D eigenvalue weighted by Gasteiger charge is 2.15. The molecule has 1 N–H and O–H groups in total. The summed E-state index contributed by atoms with van der Waals surface area (Å²) in [5, 5.41) is 6.07. The minimum absolute atomic E-state index is 0.0746. The highest BCUT2D eigenvalue weighted by Crippen LogP contribution is 2.25. The minimum atomic E-state index is -0.0746. The molecule has 0 atom stereocenters. The fourth-order valence-corrected chi connectivity index (χ4v) is 3.59. The number of benzene rings is 1. The second-order valence-electron chi connectivity index (χ2n) is 5.82. The first-order valence-corrected chi connectivity index (χ1v) is 8.88. The van der Waals surface area contributed by atoms with Crippen LogP contribution < -0.4 is 5.32 Å². The number of thiazole rings is 1. The van der Waals surface area contributed by atoms with E-state index in [0.29, 0.717) is 0 Å². The van der Waals surface area contributed by atoms with Crippen molar-refractivity contribution < 1.29 is 4.79 Å². The van der Waals surface area contributed by atoms with Crippen LogP contribution in [0.15, 0.2) is 35.7 Å². The Morgan fingerprint density at radius 1 is 1.25 bits per heavy atom. The first-order valence-electron chi connectivity index (χ1n) is 8.00. The summed E-state index contributed by atoms with van der Waals surface area (Å²) in [6.07, 6.45) is 0. The Balaban J connectivity index is 1.85. The Bertz CT molecular complexity index is 892.